The van der Waals surface area contributed by atoms with E-state index in [1.165, 1.54) is 31.2 Å². The van der Waals surface area contributed by atoms with Gasteiger partial charge in [-0.2, -0.15) is 0 Å². The largest absolute Gasteiger partial charge is 0.205 e. The van der Waals surface area contributed by atoms with Gasteiger partial charge in [0.15, 0.2) is 0 Å². The zero-order valence-electron chi connectivity index (χ0n) is 14.5. The highest BCUT2D eigenvalue weighted by molar-refractivity contribution is 6.33. The molecule has 1 fully saturated rings. The van der Waals surface area contributed by atoms with E-state index in [9.17, 15) is 4.39 Å². The Balaban J connectivity index is 1.80. The van der Waals surface area contributed by atoms with E-state index < -0.39 is 0 Å². The summed E-state index contributed by atoms with van der Waals surface area (Å²) in [5.74, 6) is 0.949. The van der Waals surface area contributed by atoms with Crippen molar-refractivity contribution in [2.75, 3.05) is 0 Å². The Bertz CT molecular complexity index is 752. The van der Waals surface area contributed by atoms with Gasteiger partial charge in [-0.05, 0) is 60.6 Å². The Labute approximate surface area is 155 Å². The first-order chi connectivity index (χ1) is 12.1. The van der Waals surface area contributed by atoms with Crippen LogP contribution in [0.3, 0.4) is 0 Å². The predicted molar refractivity (Wildman–Crippen MR) is 106 cm³/mol. The topological polar surface area (TPSA) is 0 Å². The third-order valence-electron chi connectivity index (χ3n) is 5.32. The SMILES string of the molecule is C=CCc1ccc(-c2ccc(C3CCC(C=C)CC3)cc2)c(Cl)c1F. The molecule has 130 valence electrons. The first-order valence-electron chi connectivity index (χ1n) is 8.94. The molecule has 0 nitrogen and oxygen atoms in total. The molecule has 0 N–H and O–H groups in total. The molecule has 0 radical (unpaired) electrons. The van der Waals surface area contributed by atoms with Crippen LogP contribution in [0.15, 0.2) is 61.7 Å². The van der Waals surface area contributed by atoms with E-state index >= 15 is 0 Å². The van der Waals surface area contributed by atoms with E-state index in [0.717, 1.165) is 11.1 Å². The fourth-order valence-corrected chi connectivity index (χ4v) is 4.04. The molecule has 0 amide bonds. The van der Waals surface area contributed by atoms with E-state index in [0.29, 0.717) is 23.8 Å². The van der Waals surface area contributed by atoms with Crippen molar-refractivity contribution in [3.63, 3.8) is 0 Å². The number of allylic oxidation sites excluding steroid dienone is 2. The average molecular weight is 355 g/mol. The summed E-state index contributed by atoms with van der Waals surface area (Å²) in [6.07, 6.45) is 9.12. The highest BCUT2D eigenvalue weighted by Gasteiger charge is 2.20. The lowest BCUT2D eigenvalue weighted by Crippen LogP contribution is -2.11. The maximum absolute atomic E-state index is 14.4. The lowest BCUT2D eigenvalue weighted by atomic mass is 9.78. The van der Waals surface area contributed by atoms with E-state index in [1.807, 2.05) is 6.07 Å². The Morgan fingerprint density at radius 3 is 2.28 bits per heavy atom. The van der Waals surface area contributed by atoms with Crippen LogP contribution in [-0.4, -0.2) is 0 Å². The zero-order valence-corrected chi connectivity index (χ0v) is 15.2. The molecular formula is C23H24ClF. The monoisotopic (exact) mass is 354 g/mol. The van der Waals surface area contributed by atoms with Gasteiger partial charge in [-0.1, -0.05) is 60.2 Å². The predicted octanol–water partition coefficient (Wildman–Crippen LogP) is 7.33. The summed E-state index contributed by atoms with van der Waals surface area (Å²) in [6.45, 7) is 7.57. The Morgan fingerprint density at radius 1 is 1.00 bits per heavy atom. The van der Waals surface area contributed by atoms with Gasteiger partial charge in [0.2, 0.25) is 0 Å². The van der Waals surface area contributed by atoms with Crippen LogP contribution < -0.4 is 0 Å². The van der Waals surface area contributed by atoms with Crippen molar-refractivity contribution in [1.29, 1.82) is 0 Å². The summed E-state index contributed by atoms with van der Waals surface area (Å²) in [7, 11) is 0. The van der Waals surface area contributed by atoms with Gasteiger partial charge in [0.25, 0.3) is 0 Å². The second kappa shape index (κ2) is 8.01. The summed E-state index contributed by atoms with van der Waals surface area (Å²) in [5.41, 5.74) is 3.65. The molecule has 0 spiro atoms. The number of benzene rings is 2. The second-order valence-electron chi connectivity index (χ2n) is 6.86. The van der Waals surface area contributed by atoms with Crippen LogP contribution in [-0.2, 0) is 6.42 Å². The molecule has 0 aliphatic heterocycles. The van der Waals surface area contributed by atoms with Crippen LogP contribution >= 0.6 is 11.6 Å². The fraction of sp³-hybridized carbons (Fsp3) is 0.304. The van der Waals surface area contributed by atoms with Crippen molar-refractivity contribution in [3.05, 3.63) is 83.7 Å². The molecule has 0 atom stereocenters. The normalized spacial score (nSPS) is 20.2. The molecule has 0 heterocycles. The standard InChI is InChI=1S/C23H24ClF/c1-3-5-20-14-15-21(22(24)23(20)25)19-12-10-18(11-13-19)17-8-6-16(4-2)7-9-17/h3-4,10-17H,1-2,5-9H2. The highest BCUT2D eigenvalue weighted by Crippen LogP contribution is 2.38. The summed E-state index contributed by atoms with van der Waals surface area (Å²) in [6, 6.07) is 12.1. The van der Waals surface area contributed by atoms with Crippen molar-refractivity contribution >= 4 is 11.6 Å². The van der Waals surface area contributed by atoms with Crippen LogP contribution in [0.1, 0.15) is 42.7 Å². The Hall–Kier alpha value is -1.86. The van der Waals surface area contributed by atoms with Crippen molar-refractivity contribution in [3.8, 4) is 11.1 Å². The summed E-state index contributed by atoms with van der Waals surface area (Å²) in [5, 5.41) is 0.193. The minimum Gasteiger partial charge on any atom is -0.205 e. The minimum atomic E-state index is -0.342. The molecule has 0 aromatic heterocycles. The average Bonchev–Trinajstić information content (AvgIpc) is 2.66. The number of rotatable bonds is 5. The first-order valence-corrected chi connectivity index (χ1v) is 9.32. The van der Waals surface area contributed by atoms with Crippen LogP contribution in [0.4, 0.5) is 4.39 Å². The number of hydrogen-bond acceptors (Lipinski definition) is 0. The third kappa shape index (κ3) is 3.88. The van der Waals surface area contributed by atoms with Gasteiger partial charge >= 0.3 is 0 Å². The molecular weight excluding hydrogens is 331 g/mol. The summed E-state index contributed by atoms with van der Waals surface area (Å²) >= 11 is 6.27. The van der Waals surface area contributed by atoms with E-state index in [-0.39, 0.29) is 10.8 Å². The van der Waals surface area contributed by atoms with Gasteiger partial charge in [0.05, 0.1) is 5.02 Å². The number of hydrogen-bond donors (Lipinski definition) is 0. The summed E-state index contributed by atoms with van der Waals surface area (Å²) in [4.78, 5) is 0. The van der Waals surface area contributed by atoms with Crippen molar-refractivity contribution in [2.45, 2.75) is 38.0 Å². The minimum absolute atomic E-state index is 0.193. The Morgan fingerprint density at radius 2 is 1.68 bits per heavy atom. The molecule has 2 aromatic carbocycles. The lowest BCUT2D eigenvalue weighted by molar-refractivity contribution is 0.376. The van der Waals surface area contributed by atoms with Gasteiger partial charge in [-0.15, -0.1) is 13.2 Å². The van der Waals surface area contributed by atoms with E-state index in [2.05, 4.69) is 43.5 Å². The van der Waals surface area contributed by atoms with Gasteiger partial charge in [-0.25, -0.2) is 4.39 Å². The van der Waals surface area contributed by atoms with Crippen molar-refractivity contribution in [1.82, 2.24) is 0 Å². The molecule has 0 unspecified atom stereocenters. The fourth-order valence-electron chi connectivity index (χ4n) is 3.75. The van der Waals surface area contributed by atoms with E-state index in [1.54, 1.807) is 12.1 Å². The molecule has 3 rings (SSSR count). The van der Waals surface area contributed by atoms with Crippen LogP contribution in [0.25, 0.3) is 11.1 Å². The van der Waals surface area contributed by atoms with E-state index in [4.69, 9.17) is 11.6 Å². The quantitative estimate of drug-likeness (QED) is 0.493. The third-order valence-corrected chi connectivity index (χ3v) is 5.69. The van der Waals surface area contributed by atoms with Gasteiger partial charge in [0, 0.05) is 5.56 Å². The maximum atomic E-state index is 14.4. The summed E-state index contributed by atoms with van der Waals surface area (Å²) < 4.78 is 14.4. The molecule has 2 aromatic rings. The van der Waals surface area contributed by atoms with Crippen LogP contribution in [0.5, 0.6) is 0 Å². The van der Waals surface area contributed by atoms with Gasteiger partial charge in [0.1, 0.15) is 5.82 Å². The molecule has 0 saturated heterocycles. The van der Waals surface area contributed by atoms with Crippen molar-refractivity contribution in [2.24, 2.45) is 5.92 Å². The first kappa shape index (κ1) is 17.9. The van der Waals surface area contributed by atoms with Gasteiger partial charge < -0.3 is 0 Å². The highest BCUT2D eigenvalue weighted by atomic mass is 35.5. The maximum Gasteiger partial charge on any atom is 0.145 e. The van der Waals surface area contributed by atoms with Crippen LogP contribution in [0.2, 0.25) is 5.02 Å². The van der Waals surface area contributed by atoms with Crippen molar-refractivity contribution < 1.29 is 4.39 Å². The lowest BCUT2D eigenvalue weighted by Gasteiger charge is -2.27. The molecule has 1 aliphatic rings. The zero-order chi connectivity index (χ0) is 17.8. The molecule has 2 heteroatoms. The van der Waals surface area contributed by atoms with Crippen LogP contribution in [0, 0.1) is 11.7 Å². The van der Waals surface area contributed by atoms with Gasteiger partial charge in [-0.3, -0.25) is 0 Å². The second-order valence-corrected chi connectivity index (χ2v) is 7.24. The molecule has 25 heavy (non-hydrogen) atoms. The molecule has 1 saturated carbocycles. The number of halogens is 2. The molecule has 0 bridgehead atoms. The molecule has 1 aliphatic carbocycles. The smallest absolute Gasteiger partial charge is 0.145 e. The Kier molecular flexibility index (Phi) is 5.75.